The molecule has 0 saturated carbocycles. The molecule has 0 bridgehead atoms. The first-order valence-corrected chi connectivity index (χ1v) is 11.9. The van der Waals surface area contributed by atoms with E-state index in [4.69, 9.17) is 9.15 Å². The molecule has 186 valence electrons. The summed E-state index contributed by atoms with van der Waals surface area (Å²) in [5.74, 6) is 1.11. The lowest BCUT2D eigenvalue weighted by Crippen LogP contribution is -2.30. The van der Waals surface area contributed by atoms with Gasteiger partial charge in [-0.1, -0.05) is 24.3 Å². The molecule has 0 fully saturated rings. The van der Waals surface area contributed by atoms with Gasteiger partial charge in [-0.2, -0.15) is 5.26 Å². The maximum Gasteiger partial charge on any atom is 0.189 e. The van der Waals surface area contributed by atoms with Crippen LogP contribution in [0.2, 0.25) is 0 Å². The first kappa shape index (κ1) is 24.3. The Morgan fingerprint density at radius 1 is 1.11 bits per heavy atom. The third kappa shape index (κ3) is 4.38. The number of hydrogen-bond donors (Lipinski definition) is 1. The molecule has 1 atom stereocenters. The summed E-state index contributed by atoms with van der Waals surface area (Å²) in [6.07, 6.45) is 3.27. The van der Waals surface area contributed by atoms with Crippen molar-refractivity contribution in [1.82, 2.24) is 14.5 Å². The van der Waals surface area contributed by atoms with Gasteiger partial charge in [0.15, 0.2) is 5.60 Å². The van der Waals surface area contributed by atoms with Crippen LogP contribution in [0.4, 0.5) is 0 Å². The summed E-state index contributed by atoms with van der Waals surface area (Å²) < 4.78 is 13.8. The Kier molecular flexibility index (Phi) is 6.30. The van der Waals surface area contributed by atoms with Crippen LogP contribution in [0.3, 0.4) is 0 Å². The highest BCUT2D eigenvalue weighted by molar-refractivity contribution is 5.94. The van der Waals surface area contributed by atoms with Crippen molar-refractivity contribution >= 4 is 11.0 Å². The lowest BCUT2D eigenvalue weighted by atomic mass is 9.87. The molecular formula is C30H28N4O3. The smallest absolute Gasteiger partial charge is 0.189 e. The Hall–Kier alpha value is -4.38. The lowest BCUT2D eigenvalue weighted by molar-refractivity contribution is 0.0934. The first-order valence-electron chi connectivity index (χ1n) is 11.9. The monoisotopic (exact) mass is 492 g/mol. The molecule has 0 aliphatic heterocycles. The van der Waals surface area contributed by atoms with Crippen LogP contribution in [0.25, 0.3) is 22.1 Å². The van der Waals surface area contributed by atoms with Crippen molar-refractivity contribution in [2.24, 2.45) is 7.05 Å². The molecule has 3 aromatic carbocycles. The van der Waals surface area contributed by atoms with E-state index < -0.39 is 5.60 Å². The predicted molar refractivity (Wildman–Crippen MR) is 142 cm³/mol. The number of hydrogen-bond acceptors (Lipinski definition) is 6. The second-order valence-electron chi connectivity index (χ2n) is 9.43. The van der Waals surface area contributed by atoms with Gasteiger partial charge < -0.3 is 23.7 Å². The van der Waals surface area contributed by atoms with E-state index in [9.17, 15) is 10.4 Å². The lowest BCUT2D eigenvalue weighted by Gasteiger charge is -2.27. The summed E-state index contributed by atoms with van der Waals surface area (Å²) in [6, 6.07) is 23.0. The highest BCUT2D eigenvalue weighted by Gasteiger charge is 2.40. The third-order valence-electron chi connectivity index (χ3n) is 6.53. The fraction of sp³-hybridized carbons (Fsp3) is 0.200. The van der Waals surface area contributed by atoms with E-state index in [2.05, 4.69) is 28.1 Å². The molecule has 0 aliphatic rings. The molecule has 0 radical (unpaired) electrons. The van der Waals surface area contributed by atoms with Crippen molar-refractivity contribution in [1.29, 1.82) is 5.26 Å². The van der Waals surface area contributed by atoms with Crippen LogP contribution in [-0.4, -0.2) is 40.8 Å². The van der Waals surface area contributed by atoms with Gasteiger partial charge in [-0.25, -0.2) is 4.98 Å². The highest BCUT2D eigenvalue weighted by atomic mass is 16.5. The number of benzene rings is 3. The van der Waals surface area contributed by atoms with Crippen LogP contribution >= 0.6 is 0 Å². The van der Waals surface area contributed by atoms with Crippen molar-refractivity contribution in [2.75, 3.05) is 21.2 Å². The zero-order chi connectivity index (χ0) is 26.2. The molecular weight excluding hydrogens is 464 g/mol. The number of ether oxygens (including phenoxy) is 1. The van der Waals surface area contributed by atoms with Gasteiger partial charge in [0.05, 0.1) is 37.0 Å². The van der Waals surface area contributed by atoms with Crippen LogP contribution in [-0.2, 0) is 19.2 Å². The van der Waals surface area contributed by atoms with Crippen LogP contribution in [0, 0.1) is 11.3 Å². The Morgan fingerprint density at radius 2 is 1.89 bits per heavy atom. The SMILES string of the molecule is COc1cccc(-c2cc(CN(C)C)cc3cc(C(O)(c4ccc(C#N)cc4)c4cncn4C)oc23)c1. The number of nitriles is 1. The van der Waals surface area contributed by atoms with Gasteiger partial charge in [0.2, 0.25) is 0 Å². The molecule has 1 N–H and O–H groups in total. The molecule has 0 spiro atoms. The molecule has 0 amide bonds. The molecule has 5 aromatic rings. The largest absolute Gasteiger partial charge is 0.497 e. The van der Waals surface area contributed by atoms with Crippen LogP contribution in [0.1, 0.15) is 28.1 Å². The molecule has 7 nitrogen and oxygen atoms in total. The number of nitrogens with zero attached hydrogens (tertiary/aromatic N) is 4. The van der Waals surface area contributed by atoms with Gasteiger partial charge >= 0.3 is 0 Å². The molecule has 2 heterocycles. The second-order valence-corrected chi connectivity index (χ2v) is 9.43. The quantitative estimate of drug-likeness (QED) is 0.342. The van der Waals surface area contributed by atoms with E-state index in [1.165, 1.54) is 0 Å². The number of rotatable bonds is 7. The average molecular weight is 493 g/mol. The Morgan fingerprint density at radius 3 is 2.54 bits per heavy atom. The van der Waals surface area contributed by atoms with E-state index in [0.29, 0.717) is 28.2 Å². The number of aliphatic hydroxyl groups is 1. The topological polar surface area (TPSA) is 87.5 Å². The highest BCUT2D eigenvalue weighted by Crippen LogP contribution is 2.42. The van der Waals surface area contributed by atoms with Crippen molar-refractivity contribution in [2.45, 2.75) is 12.1 Å². The van der Waals surface area contributed by atoms with E-state index in [1.54, 1.807) is 48.5 Å². The molecule has 2 aromatic heterocycles. The van der Waals surface area contributed by atoms with Crippen molar-refractivity contribution < 1.29 is 14.3 Å². The maximum absolute atomic E-state index is 12.4. The molecule has 5 rings (SSSR count). The summed E-state index contributed by atoms with van der Waals surface area (Å²) in [5.41, 5.74) is 3.64. The van der Waals surface area contributed by atoms with E-state index in [-0.39, 0.29) is 0 Å². The third-order valence-corrected chi connectivity index (χ3v) is 6.53. The molecule has 0 saturated heterocycles. The zero-order valence-corrected chi connectivity index (χ0v) is 21.3. The molecule has 0 aliphatic carbocycles. The number of methoxy groups -OCH3 is 1. The Labute approximate surface area is 215 Å². The number of aromatic nitrogens is 2. The number of aryl methyl sites for hydroxylation is 1. The van der Waals surface area contributed by atoms with E-state index >= 15 is 0 Å². The minimum absolute atomic E-state index is 0.363. The molecule has 1 unspecified atom stereocenters. The standard InChI is InChI=1S/C30H28N4O3/c1-33(2)18-21-12-23-15-28(37-29(23)26(13-21)22-6-5-7-25(14-22)36-4)30(35,27-17-32-19-34(27)3)24-10-8-20(16-31)9-11-24/h5-15,17,19,35H,18H2,1-4H3. The minimum atomic E-state index is -1.63. The fourth-order valence-electron chi connectivity index (χ4n) is 4.76. The minimum Gasteiger partial charge on any atom is -0.497 e. The summed E-state index contributed by atoms with van der Waals surface area (Å²) in [4.78, 5) is 6.36. The average Bonchev–Trinajstić information content (AvgIpc) is 3.54. The predicted octanol–water partition coefficient (Wildman–Crippen LogP) is 5.06. The summed E-state index contributed by atoms with van der Waals surface area (Å²) in [7, 11) is 7.54. The fourth-order valence-corrected chi connectivity index (χ4v) is 4.76. The molecule has 37 heavy (non-hydrogen) atoms. The molecule has 7 heteroatoms. The summed E-state index contributed by atoms with van der Waals surface area (Å²) in [6.45, 7) is 0.745. The van der Waals surface area contributed by atoms with E-state index in [0.717, 1.165) is 34.4 Å². The zero-order valence-electron chi connectivity index (χ0n) is 21.3. The van der Waals surface area contributed by atoms with Gasteiger partial charge in [-0.05, 0) is 73.3 Å². The van der Waals surface area contributed by atoms with Gasteiger partial charge in [-0.15, -0.1) is 0 Å². The first-order chi connectivity index (χ1) is 17.8. The van der Waals surface area contributed by atoms with Gasteiger partial charge in [0, 0.05) is 24.5 Å². The maximum atomic E-state index is 12.4. The number of furan rings is 1. The van der Waals surface area contributed by atoms with Crippen LogP contribution < -0.4 is 4.74 Å². The summed E-state index contributed by atoms with van der Waals surface area (Å²) in [5, 5.41) is 22.5. The Bertz CT molecular complexity index is 1610. The van der Waals surface area contributed by atoms with Crippen LogP contribution in [0.15, 0.2) is 83.7 Å². The van der Waals surface area contributed by atoms with Gasteiger partial charge in [0.25, 0.3) is 0 Å². The normalized spacial score (nSPS) is 13.0. The van der Waals surface area contributed by atoms with E-state index in [1.807, 2.05) is 51.5 Å². The van der Waals surface area contributed by atoms with Gasteiger partial charge in [-0.3, -0.25) is 0 Å². The van der Waals surface area contributed by atoms with Crippen molar-refractivity contribution in [3.8, 4) is 22.9 Å². The second kappa shape index (κ2) is 9.58. The number of fused-ring (bicyclic) bond motifs is 1. The van der Waals surface area contributed by atoms with Crippen molar-refractivity contribution in [3.63, 3.8) is 0 Å². The van der Waals surface area contributed by atoms with Gasteiger partial charge in [0.1, 0.15) is 17.1 Å². The Balaban J connectivity index is 1.77. The number of imidazole rings is 1. The van der Waals surface area contributed by atoms with Crippen LogP contribution in [0.5, 0.6) is 5.75 Å². The van der Waals surface area contributed by atoms with Crippen molar-refractivity contribution in [3.05, 3.63) is 107 Å². The summed E-state index contributed by atoms with van der Waals surface area (Å²) >= 11 is 0.